The van der Waals surface area contributed by atoms with E-state index < -0.39 is 0 Å². The first-order valence-corrected chi connectivity index (χ1v) is 8.35. The summed E-state index contributed by atoms with van der Waals surface area (Å²) in [5.41, 5.74) is 8.85. The molecule has 0 spiro atoms. The number of benzene rings is 1. The maximum Gasteiger partial charge on any atom is 0.245 e. The monoisotopic (exact) mass is 386 g/mol. The van der Waals surface area contributed by atoms with Gasteiger partial charge in [0.1, 0.15) is 6.04 Å². The molecule has 3 unspecified atom stereocenters. The summed E-state index contributed by atoms with van der Waals surface area (Å²) in [5, 5.41) is 3.40. The number of nitrogens with zero attached hydrogens (tertiary/aromatic N) is 1. The highest BCUT2D eigenvalue weighted by molar-refractivity contribution is 9.10. The van der Waals surface area contributed by atoms with E-state index in [0.717, 1.165) is 42.6 Å². The van der Waals surface area contributed by atoms with Crippen molar-refractivity contribution in [3.8, 4) is 0 Å². The highest BCUT2D eigenvalue weighted by Gasteiger charge is 2.43. The van der Waals surface area contributed by atoms with Crippen LogP contribution in [0.4, 0.5) is 5.69 Å². The zero-order chi connectivity index (χ0) is 14.4. The molecule has 0 aliphatic carbocycles. The standard InChI is InChI=1S/C15H19BrN4O.ClH/c16-10-2-1-9-4-6-20(13(9)7-10)15(21)14-11-8-17-5-3-12(11)18-19-14;/h1-2,7,11-12,14,17-19H,3-6,8H2;1H. The average molecular weight is 388 g/mol. The van der Waals surface area contributed by atoms with Crippen LogP contribution in [0.2, 0.25) is 0 Å². The van der Waals surface area contributed by atoms with Crippen LogP contribution in [0.25, 0.3) is 0 Å². The van der Waals surface area contributed by atoms with Gasteiger partial charge in [0, 0.05) is 35.2 Å². The summed E-state index contributed by atoms with van der Waals surface area (Å²) in [4.78, 5) is 14.9. The molecule has 2 saturated heterocycles. The molecule has 0 radical (unpaired) electrons. The van der Waals surface area contributed by atoms with Crippen molar-refractivity contribution < 1.29 is 4.79 Å². The van der Waals surface area contributed by atoms with E-state index in [2.05, 4.69) is 44.2 Å². The molecule has 1 aromatic carbocycles. The van der Waals surface area contributed by atoms with E-state index in [4.69, 9.17) is 0 Å². The van der Waals surface area contributed by atoms with Crippen molar-refractivity contribution in [2.24, 2.45) is 5.92 Å². The molecule has 5 nitrogen and oxygen atoms in total. The molecule has 0 aromatic heterocycles. The first-order valence-electron chi connectivity index (χ1n) is 7.55. The Morgan fingerprint density at radius 2 is 2.18 bits per heavy atom. The molecular weight excluding hydrogens is 368 g/mol. The number of hydrogen-bond donors (Lipinski definition) is 3. The molecule has 3 atom stereocenters. The number of rotatable bonds is 1. The first-order chi connectivity index (χ1) is 10.2. The van der Waals surface area contributed by atoms with Crippen LogP contribution in [-0.2, 0) is 11.2 Å². The minimum Gasteiger partial charge on any atom is -0.316 e. The first kappa shape index (κ1) is 16.2. The van der Waals surface area contributed by atoms with Gasteiger partial charge in [-0.05, 0) is 37.1 Å². The molecular formula is C15H20BrClN4O. The summed E-state index contributed by atoms with van der Waals surface area (Å²) >= 11 is 3.50. The Morgan fingerprint density at radius 1 is 1.32 bits per heavy atom. The van der Waals surface area contributed by atoms with Gasteiger partial charge in [0.15, 0.2) is 0 Å². The molecule has 22 heavy (non-hydrogen) atoms. The minimum absolute atomic E-state index is 0. The topological polar surface area (TPSA) is 56.4 Å². The molecule has 3 heterocycles. The fourth-order valence-electron chi connectivity index (χ4n) is 3.71. The van der Waals surface area contributed by atoms with Gasteiger partial charge in [0.05, 0.1) is 0 Å². The summed E-state index contributed by atoms with van der Waals surface area (Å²) in [6, 6.07) is 6.48. The van der Waals surface area contributed by atoms with Crippen LogP contribution in [0.3, 0.4) is 0 Å². The predicted octanol–water partition coefficient (Wildman–Crippen LogP) is 1.21. The van der Waals surface area contributed by atoms with Crippen LogP contribution in [0.5, 0.6) is 0 Å². The van der Waals surface area contributed by atoms with Gasteiger partial charge in [-0.2, -0.15) is 0 Å². The SMILES string of the molecule is Cl.O=C(C1NNC2CCNCC21)N1CCc2ccc(Br)cc21. The van der Waals surface area contributed by atoms with Gasteiger partial charge < -0.3 is 10.2 Å². The van der Waals surface area contributed by atoms with Crippen molar-refractivity contribution in [2.45, 2.75) is 24.9 Å². The van der Waals surface area contributed by atoms with E-state index in [-0.39, 0.29) is 24.4 Å². The Balaban J connectivity index is 0.00000144. The van der Waals surface area contributed by atoms with Crippen LogP contribution >= 0.6 is 28.3 Å². The maximum absolute atomic E-state index is 13.0. The summed E-state index contributed by atoms with van der Waals surface area (Å²) < 4.78 is 1.02. The second kappa shape index (κ2) is 6.45. The minimum atomic E-state index is -0.132. The second-order valence-corrected chi connectivity index (χ2v) is 6.96. The van der Waals surface area contributed by atoms with E-state index in [1.54, 1.807) is 0 Å². The number of fused-ring (bicyclic) bond motifs is 2. The Bertz CT molecular complexity index is 585. The third kappa shape index (κ3) is 2.67. The molecule has 1 aromatic rings. The van der Waals surface area contributed by atoms with Gasteiger partial charge in [-0.25, -0.2) is 5.43 Å². The quantitative estimate of drug-likeness (QED) is 0.678. The number of anilines is 1. The normalized spacial score (nSPS) is 29.7. The Morgan fingerprint density at radius 3 is 3.05 bits per heavy atom. The van der Waals surface area contributed by atoms with Crippen molar-refractivity contribution in [1.82, 2.24) is 16.2 Å². The molecule has 0 bridgehead atoms. The molecule has 120 valence electrons. The van der Waals surface area contributed by atoms with E-state index in [9.17, 15) is 4.79 Å². The third-order valence-electron chi connectivity index (χ3n) is 4.86. The number of carbonyl (C=O) groups is 1. The number of hydrogen-bond acceptors (Lipinski definition) is 4. The third-order valence-corrected chi connectivity index (χ3v) is 5.35. The summed E-state index contributed by atoms with van der Waals surface area (Å²) in [7, 11) is 0. The number of nitrogens with one attached hydrogen (secondary N) is 3. The number of amides is 1. The summed E-state index contributed by atoms with van der Waals surface area (Å²) in [6.07, 6.45) is 2.02. The molecule has 3 N–H and O–H groups in total. The predicted molar refractivity (Wildman–Crippen MR) is 92.3 cm³/mol. The van der Waals surface area contributed by atoms with Gasteiger partial charge in [0.2, 0.25) is 5.91 Å². The molecule has 3 aliphatic heterocycles. The van der Waals surface area contributed by atoms with Crippen LogP contribution in [0.1, 0.15) is 12.0 Å². The number of carbonyl (C=O) groups excluding carboxylic acids is 1. The maximum atomic E-state index is 13.0. The second-order valence-electron chi connectivity index (χ2n) is 6.04. The van der Waals surface area contributed by atoms with Crippen LogP contribution in [0, 0.1) is 5.92 Å². The fraction of sp³-hybridized carbons (Fsp3) is 0.533. The van der Waals surface area contributed by atoms with Crippen molar-refractivity contribution >= 4 is 39.9 Å². The highest BCUT2D eigenvalue weighted by atomic mass is 79.9. The lowest BCUT2D eigenvalue weighted by atomic mass is 9.89. The Kier molecular flexibility index (Phi) is 4.75. The fourth-order valence-corrected chi connectivity index (χ4v) is 4.06. The number of hydrazine groups is 1. The smallest absolute Gasteiger partial charge is 0.245 e. The van der Waals surface area contributed by atoms with E-state index >= 15 is 0 Å². The average Bonchev–Trinajstić information content (AvgIpc) is 3.10. The molecule has 0 saturated carbocycles. The van der Waals surface area contributed by atoms with Gasteiger partial charge in [-0.1, -0.05) is 22.0 Å². The van der Waals surface area contributed by atoms with Crippen molar-refractivity contribution in [3.05, 3.63) is 28.2 Å². The van der Waals surface area contributed by atoms with Crippen molar-refractivity contribution in [1.29, 1.82) is 0 Å². The van der Waals surface area contributed by atoms with E-state index in [1.165, 1.54) is 5.56 Å². The summed E-state index contributed by atoms with van der Waals surface area (Å²) in [5.74, 6) is 0.526. The van der Waals surface area contributed by atoms with Crippen molar-refractivity contribution in [3.63, 3.8) is 0 Å². The van der Waals surface area contributed by atoms with Crippen LogP contribution < -0.4 is 21.1 Å². The zero-order valence-corrected chi connectivity index (χ0v) is 14.5. The molecule has 2 fully saturated rings. The molecule has 3 aliphatic rings. The van der Waals surface area contributed by atoms with Gasteiger partial charge in [0.25, 0.3) is 0 Å². The van der Waals surface area contributed by atoms with E-state index in [0.29, 0.717) is 12.0 Å². The van der Waals surface area contributed by atoms with Gasteiger partial charge in [-0.3, -0.25) is 10.2 Å². The van der Waals surface area contributed by atoms with Crippen LogP contribution in [-0.4, -0.2) is 37.6 Å². The number of piperidine rings is 1. The Labute approximate surface area is 144 Å². The largest absolute Gasteiger partial charge is 0.316 e. The van der Waals surface area contributed by atoms with E-state index in [1.807, 2.05) is 11.0 Å². The Hall–Kier alpha value is -0.660. The molecule has 4 rings (SSSR count). The van der Waals surface area contributed by atoms with Crippen LogP contribution in [0.15, 0.2) is 22.7 Å². The molecule has 7 heteroatoms. The summed E-state index contributed by atoms with van der Waals surface area (Å²) in [6.45, 7) is 2.71. The molecule has 1 amide bonds. The number of halogens is 2. The van der Waals surface area contributed by atoms with Gasteiger partial charge >= 0.3 is 0 Å². The zero-order valence-electron chi connectivity index (χ0n) is 12.1. The lowest BCUT2D eigenvalue weighted by Gasteiger charge is -2.29. The van der Waals surface area contributed by atoms with Gasteiger partial charge in [-0.15, -0.1) is 12.4 Å². The lowest BCUT2D eigenvalue weighted by molar-refractivity contribution is -0.121. The van der Waals surface area contributed by atoms with Crippen molar-refractivity contribution in [2.75, 3.05) is 24.5 Å². The lowest BCUT2D eigenvalue weighted by Crippen LogP contribution is -2.50. The highest BCUT2D eigenvalue weighted by Crippen LogP contribution is 2.32.